The number of nitrogens with zero attached hydrogens (tertiary/aromatic N) is 1. The zero-order chi connectivity index (χ0) is 11.8. The van der Waals surface area contributed by atoms with Gasteiger partial charge in [-0.2, -0.15) is 5.10 Å². The Labute approximate surface area is 95.4 Å². The van der Waals surface area contributed by atoms with E-state index >= 15 is 0 Å². The first-order valence-electron chi connectivity index (χ1n) is 5.11. The molecule has 0 saturated heterocycles. The molecule has 17 heavy (non-hydrogen) atoms. The number of hydrogen-bond donors (Lipinski definition) is 3. The topological polar surface area (TPSA) is 101 Å². The molecule has 6 nitrogen and oxygen atoms in total. The number of rotatable bonds is 2. The predicted molar refractivity (Wildman–Crippen MR) is 61.5 cm³/mol. The second-order valence-electron chi connectivity index (χ2n) is 3.78. The quantitative estimate of drug-likeness (QED) is 0.608. The van der Waals surface area contributed by atoms with Gasteiger partial charge in [0.25, 0.3) is 0 Å². The van der Waals surface area contributed by atoms with Crippen molar-refractivity contribution in [1.82, 2.24) is 15.2 Å². The van der Waals surface area contributed by atoms with E-state index in [1.54, 1.807) is 24.5 Å². The van der Waals surface area contributed by atoms with Crippen molar-refractivity contribution in [2.45, 2.75) is 6.04 Å². The smallest absolute Gasteiger partial charge is 0.408 e. The summed E-state index contributed by atoms with van der Waals surface area (Å²) in [6.07, 6.45) is 3.41. The molecule has 2 heterocycles. The molecule has 1 unspecified atom stereocenters. The van der Waals surface area contributed by atoms with Crippen molar-refractivity contribution in [2.24, 2.45) is 5.73 Å². The number of hydrogen-bond acceptors (Lipinski definition) is 4. The molecule has 6 heteroatoms. The summed E-state index contributed by atoms with van der Waals surface area (Å²) in [5.74, 6) is -0.464. The van der Waals surface area contributed by atoms with Gasteiger partial charge in [-0.05, 0) is 17.7 Å². The molecule has 0 saturated carbocycles. The second-order valence-corrected chi connectivity index (χ2v) is 3.78. The van der Waals surface area contributed by atoms with Crippen LogP contribution in [-0.4, -0.2) is 15.2 Å². The van der Waals surface area contributed by atoms with Crippen molar-refractivity contribution in [3.8, 4) is 0 Å². The van der Waals surface area contributed by atoms with Crippen LogP contribution in [0.25, 0.3) is 11.1 Å². The summed E-state index contributed by atoms with van der Waals surface area (Å²) in [6, 6.07) is 5.09. The van der Waals surface area contributed by atoms with Crippen LogP contribution in [0.1, 0.15) is 17.2 Å². The lowest BCUT2D eigenvalue weighted by molar-refractivity contribution is 0.555. The van der Waals surface area contributed by atoms with Crippen LogP contribution in [-0.2, 0) is 0 Å². The van der Waals surface area contributed by atoms with E-state index in [9.17, 15) is 4.79 Å². The predicted octanol–water partition coefficient (Wildman–Crippen LogP) is 0.892. The first kappa shape index (κ1) is 9.86. The SMILES string of the molecule is NC(c1cn[nH]c1)c1ccc2[nH]c(=O)oc2c1. The number of oxazole rings is 1. The molecule has 0 spiro atoms. The summed E-state index contributed by atoms with van der Waals surface area (Å²) >= 11 is 0. The standard InChI is InChI=1S/C11H10N4O2/c12-10(7-4-13-14-5-7)6-1-2-8-9(3-6)17-11(16)15-8/h1-5,10H,12H2,(H,13,14)(H,15,16). The number of nitrogens with one attached hydrogen (secondary N) is 2. The molecule has 1 atom stereocenters. The molecule has 0 radical (unpaired) electrons. The van der Waals surface area contributed by atoms with Crippen LogP contribution in [0.15, 0.2) is 39.8 Å². The van der Waals surface area contributed by atoms with Crippen LogP contribution in [0.3, 0.4) is 0 Å². The number of aromatic amines is 2. The van der Waals surface area contributed by atoms with Gasteiger partial charge in [0.15, 0.2) is 5.58 Å². The van der Waals surface area contributed by atoms with Crippen molar-refractivity contribution in [1.29, 1.82) is 0 Å². The number of benzene rings is 1. The van der Waals surface area contributed by atoms with E-state index in [1.807, 2.05) is 6.07 Å². The van der Waals surface area contributed by atoms with E-state index < -0.39 is 5.76 Å². The van der Waals surface area contributed by atoms with Crippen LogP contribution in [0, 0.1) is 0 Å². The fraction of sp³-hybridized carbons (Fsp3) is 0.0909. The first-order valence-corrected chi connectivity index (χ1v) is 5.11. The summed E-state index contributed by atoms with van der Waals surface area (Å²) < 4.78 is 4.99. The number of aromatic nitrogens is 3. The molecule has 86 valence electrons. The molecule has 3 aromatic rings. The summed E-state index contributed by atoms with van der Waals surface area (Å²) in [5, 5.41) is 6.56. The number of H-pyrrole nitrogens is 2. The van der Waals surface area contributed by atoms with E-state index in [-0.39, 0.29) is 6.04 Å². The van der Waals surface area contributed by atoms with Crippen molar-refractivity contribution in [3.63, 3.8) is 0 Å². The van der Waals surface area contributed by atoms with Crippen LogP contribution in [0.4, 0.5) is 0 Å². The van der Waals surface area contributed by atoms with Gasteiger partial charge in [0.1, 0.15) is 0 Å². The van der Waals surface area contributed by atoms with Crippen LogP contribution >= 0.6 is 0 Å². The molecule has 4 N–H and O–H groups in total. The van der Waals surface area contributed by atoms with Gasteiger partial charge < -0.3 is 10.2 Å². The molecule has 0 fully saturated rings. The minimum absolute atomic E-state index is 0.293. The fourth-order valence-electron chi connectivity index (χ4n) is 1.78. The monoisotopic (exact) mass is 230 g/mol. The van der Waals surface area contributed by atoms with E-state index in [0.29, 0.717) is 11.1 Å². The van der Waals surface area contributed by atoms with E-state index in [1.165, 1.54) is 0 Å². The zero-order valence-electron chi connectivity index (χ0n) is 8.81. The summed E-state index contributed by atoms with van der Waals surface area (Å²) in [5.41, 5.74) is 8.98. The Morgan fingerprint density at radius 2 is 2.24 bits per heavy atom. The first-order chi connectivity index (χ1) is 8.24. The highest BCUT2D eigenvalue weighted by molar-refractivity contribution is 5.73. The van der Waals surface area contributed by atoms with Crippen molar-refractivity contribution >= 4 is 11.1 Å². The van der Waals surface area contributed by atoms with Gasteiger partial charge in [0.2, 0.25) is 0 Å². The van der Waals surface area contributed by atoms with Gasteiger partial charge in [0.05, 0.1) is 17.8 Å². The molecule has 0 aliphatic rings. The van der Waals surface area contributed by atoms with E-state index in [4.69, 9.17) is 10.2 Å². The molecule has 0 aliphatic carbocycles. The third kappa shape index (κ3) is 1.64. The molecule has 1 aromatic carbocycles. The van der Waals surface area contributed by atoms with Crippen molar-refractivity contribution < 1.29 is 4.42 Å². The van der Waals surface area contributed by atoms with Crippen LogP contribution in [0.5, 0.6) is 0 Å². The lowest BCUT2D eigenvalue weighted by atomic mass is 10.0. The van der Waals surface area contributed by atoms with Gasteiger partial charge in [-0.1, -0.05) is 6.07 Å². The van der Waals surface area contributed by atoms with Crippen LogP contribution < -0.4 is 11.5 Å². The Morgan fingerprint density at radius 3 is 3.00 bits per heavy atom. The molecular formula is C11H10N4O2. The fourth-order valence-corrected chi connectivity index (χ4v) is 1.78. The molecule has 2 aromatic heterocycles. The largest absolute Gasteiger partial charge is 0.417 e. The average Bonchev–Trinajstić information content (AvgIpc) is 2.94. The molecule has 0 amide bonds. The maximum atomic E-state index is 11.0. The third-order valence-corrected chi connectivity index (χ3v) is 2.68. The highest BCUT2D eigenvalue weighted by Gasteiger charge is 2.11. The highest BCUT2D eigenvalue weighted by Crippen LogP contribution is 2.21. The Balaban J connectivity index is 2.08. The summed E-state index contributed by atoms with van der Waals surface area (Å²) in [4.78, 5) is 13.6. The van der Waals surface area contributed by atoms with Crippen LogP contribution in [0.2, 0.25) is 0 Å². The summed E-state index contributed by atoms with van der Waals surface area (Å²) in [6.45, 7) is 0. The maximum absolute atomic E-state index is 11.0. The van der Waals surface area contributed by atoms with Gasteiger partial charge in [-0.25, -0.2) is 4.79 Å². The minimum Gasteiger partial charge on any atom is -0.408 e. The molecule has 3 rings (SSSR count). The number of nitrogens with two attached hydrogens (primary N) is 1. The van der Waals surface area contributed by atoms with Crippen molar-refractivity contribution in [2.75, 3.05) is 0 Å². The Morgan fingerprint density at radius 1 is 1.35 bits per heavy atom. The molecule has 0 aliphatic heterocycles. The highest BCUT2D eigenvalue weighted by atomic mass is 16.4. The second kappa shape index (κ2) is 3.60. The van der Waals surface area contributed by atoms with E-state index in [0.717, 1.165) is 11.1 Å². The van der Waals surface area contributed by atoms with Gasteiger partial charge in [0, 0.05) is 11.8 Å². The average molecular weight is 230 g/mol. The van der Waals surface area contributed by atoms with Gasteiger partial charge in [-0.3, -0.25) is 10.1 Å². The Hall–Kier alpha value is -2.34. The molecular weight excluding hydrogens is 220 g/mol. The Kier molecular flexibility index (Phi) is 2.09. The van der Waals surface area contributed by atoms with Crippen molar-refractivity contribution in [3.05, 3.63) is 52.3 Å². The summed E-state index contributed by atoms with van der Waals surface area (Å²) in [7, 11) is 0. The molecule has 0 bridgehead atoms. The zero-order valence-corrected chi connectivity index (χ0v) is 8.81. The van der Waals surface area contributed by atoms with Gasteiger partial charge in [-0.15, -0.1) is 0 Å². The maximum Gasteiger partial charge on any atom is 0.417 e. The number of fused-ring (bicyclic) bond motifs is 1. The lowest BCUT2D eigenvalue weighted by Crippen LogP contribution is -2.10. The lowest BCUT2D eigenvalue weighted by Gasteiger charge is -2.08. The van der Waals surface area contributed by atoms with E-state index in [2.05, 4.69) is 15.2 Å². The minimum atomic E-state index is -0.464. The Bertz CT molecular complexity index is 696. The third-order valence-electron chi connectivity index (χ3n) is 2.68. The normalized spacial score (nSPS) is 13.0. The van der Waals surface area contributed by atoms with Gasteiger partial charge >= 0.3 is 5.76 Å².